The van der Waals surface area contributed by atoms with Crippen LogP contribution in [0.15, 0.2) is 0 Å². The van der Waals surface area contributed by atoms with Crippen LogP contribution in [0.25, 0.3) is 0 Å². The van der Waals surface area contributed by atoms with Crippen LogP contribution in [0.4, 0.5) is 0 Å². The van der Waals surface area contributed by atoms with Crippen LogP contribution in [-0.4, -0.2) is 52.9 Å². The lowest BCUT2D eigenvalue weighted by molar-refractivity contribution is -0.285. The largest absolute Gasteiger partial charge is 0.455 e. The van der Waals surface area contributed by atoms with Crippen LogP contribution in [0.1, 0.15) is 20.8 Å². The maximum absolute atomic E-state index is 10.9. The Bertz CT molecular complexity index is 303. The Kier molecular flexibility index (Phi) is 4.44. The molecule has 0 radical (unpaired) electrons. The van der Waals surface area contributed by atoms with Crippen LogP contribution in [0, 0.1) is 0 Å². The summed E-state index contributed by atoms with van der Waals surface area (Å²) >= 11 is 0. The van der Waals surface area contributed by atoms with Crippen molar-refractivity contribution in [3.63, 3.8) is 0 Å². The standard InChI is InChI=1S/C10H16O7/c1-4-7(13)8(16-5(2)11)9(10(14)15-4)17-6(3)12/h4,7-10,13-14H,1-3H3/t4-,7+,8-,9+,10-/m1/s1. The predicted octanol–water partition coefficient (Wildman–Crippen LogP) is -1.05. The average Bonchev–Trinajstić information content (AvgIpc) is 2.19. The van der Waals surface area contributed by atoms with Crippen molar-refractivity contribution in [3.8, 4) is 0 Å². The third-order valence-electron chi connectivity index (χ3n) is 2.38. The first kappa shape index (κ1) is 13.9. The van der Waals surface area contributed by atoms with Gasteiger partial charge in [0.05, 0.1) is 6.10 Å². The molecule has 7 heteroatoms. The molecule has 0 amide bonds. The Labute approximate surface area is 98.3 Å². The highest BCUT2D eigenvalue weighted by atomic mass is 16.7. The molecule has 0 aromatic carbocycles. The first-order valence-corrected chi connectivity index (χ1v) is 5.19. The number of hydrogen-bond donors (Lipinski definition) is 2. The van der Waals surface area contributed by atoms with Crippen LogP contribution in [0.2, 0.25) is 0 Å². The number of aliphatic hydroxyl groups excluding tert-OH is 2. The summed E-state index contributed by atoms with van der Waals surface area (Å²) in [6, 6.07) is 0. The van der Waals surface area contributed by atoms with Crippen LogP contribution in [0.5, 0.6) is 0 Å². The number of rotatable bonds is 2. The Hall–Kier alpha value is -1.18. The minimum atomic E-state index is -1.44. The molecule has 5 atom stereocenters. The maximum Gasteiger partial charge on any atom is 0.303 e. The summed E-state index contributed by atoms with van der Waals surface area (Å²) < 4.78 is 14.6. The number of hydrogen-bond acceptors (Lipinski definition) is 7. The summed E-state index contributed by atoms with van der Waals surface area (Å²) in [4.78, 5) is 21.8. The Morgan fingerprint density at radius 1 is 1.06 bits per heavy atom. The molecule has 0 bridgehead atoms. The number of carbonyl (C=O) groups is 2. The van der Waals surface area contributed by atoms with Gasteiger partial charge in [-0.2, -0.15) is 0 Å². The molecule has 0 aromatic rings. The van der Waals surface area contributed by atoms with E-state index < -0.39 is 42.6 Å². The molecule has 1 saturated heterocycles. The Morgan fingerprint density at radius 3 is 2.00 bits per heavy atom. The van der Waals surface area contributed by atoms with Gasteiger partial charge in [0.1, 0.15) is 6.10 Å². The van der Waals surface area contributed by atoms with Crippen LogP contribution < -0.4 is 0 Å². The fourth-order valence-electron chi connectivity index (χ4n) is 1.65. The molecule has 7 nitrogen and oxygen atoms in total. The van der Waals surface area contributed by atoms with E-state index in [9.17, 15) is 19.8 Å². The van der Waals surface area contributed by atoms with Gasteiger partial charge in [0.15, 0.2) is 18.5 Å². The second kappa shape index (κ2) is 5.44. The van der Waals surface area contributed by atoms with Gasteiger partial charge in [-0.05, 0) is 6.92 Å². The van der Waals surface area contributed by atoms with Crippen LogP contribution in [0.3, 0.4) is 0 Å². The van der Waals surface area contributed by atoms with Gasteiger partial charge in [-0.15, -0.1) is 0 Å². The first-order valence-electron chi connectivity index (χ1n) is 5.19. The highest BCUT2D eigenvalue weighted by molar-refractivity contribution is 5.67. The lowest BCUT2D eigenvalue weighted by Gasteiger charge is -2.40. The van der Waals surface area contributed by atoms with Crippen molar-refractivity contribution in [2.45, 2.75) is 51.5 Å². The molecular formula is C10H16O7. The van der Waals surface area contributed by atoms with E-state index in [4.69, 9.17) is 14.2 Å². The van der Waals surface area contributed by atoms with E-state index in [1.54, 1.807) is 0 Å². The third-order valence-corrected chi connectivity index (χ3v) is 2.38. The topological polar surface area (TPSA) is 102 Å². The number of carbonyl (C=O) groups excluding carboxylic acids is 2. The molecule has 0 saturated carbocycles. The van der Waals surface area contributed by atoms with E-state index in [1.165, 1.54) is 6.92 Å². The lowest BCUT2D eigenvalue weighted by Crippen LogP contribution is -2.59. The van der Waals surface area contributed by atoms with E-state index in [-0.39, 0.29) is 0 Å². The van der Waals surface area contributed by atoms with Gasteiger partial charge in [-0.25, -0.2) is 0 Å². The van der Waals surface area contributed by atoms with Gasteiger partial charge < -0.3 is 24.4 Å². The third kappa shape index (κ3) is 3.39. The van der Waals surface area contributed by atoms with Gasteiger partial charge in [0.2, 0.25) is 0 Å². The van der Waals surface area contributed by atoms with Crippen molar-refractivity contribution in [3.05, 3.63) is 0 Å². The van der Waals surface area contributed by atoms with Crippen molar-refractivity contribution in [1.82, 2.24) is 0 Å². The second-order valence-electron chi connectivity index (χ2n) is 3.87. The lowest BCUT2D eigenvalue weighted by atomic mass is 9.99. The zero-order chi connectivity index (χ0) is 13.2. The Balaban J connectivity index is 2.86. The van der Waals surface area contributed by atoms with E-state index in [0.717, 1.165) is 13.8 Å². The van der Waals surface area contributed by atoms with E-state index >= 15 is 0 Å². The molecule has 1 aliphatic rings. The molecule has 1 heterocycles. The average molecular weight is 248 g/mol. The number of ether oxygens (including phenoxy) is 3. The molecule has 98 valence electrons. The van der Waals surface area contributed by atoms with Gasteiger partial charge in [-0.3, -0.25) is 9.59 Å². The van der Waals surface area contributed by atoms with Gasteiger partial charge >= 0.3 is 11.9 Å². The van der Waals surface area contributed by atoms with Gasteiger partial charge in [0.25, 0.3) is 0 Å². The van der Waals surface area contributed by atoms with Gasteiger partial charge in [-0.1, -0.05) is 0 Å². The van der Waals surface area contributed by atoms with Crippen molar-refractivity contribution in [2.75, 3.05) is 0 Å². The highest BCUT2D eigenvalue weighted by Gasteiger charge is 2.47. The smallest absolute Gasteiger partial charge is 0.303 e. The van der Waals surface area contributed by atoms with Crippen LogP contribution in [-0.2, 0) is 23.8 Å². The zero-order valence-electron chi connectivity index (χ0n) is 9.82. The molecule has 2 N–H and O–H groups in total. The predicted molar refractivity (Wildman–Crippen MR) is 53.7 cm³/mol. The summed E-state index contributed by atoms with van der Waals surface area (Å²) in [7, 11) is 0. The molecule has 17 heavy (non-hydrogen) atoms. The van der Waals surface area contributed by atoms with E-state index in [0.29, 0.717) is 0 Å². The molecule has 0 unspecified atom stereocenters. The number of aliphatic hydroxyl groups is 2. The molecular weight excluding hydrogens is 232 g/mol. The second-order valence-corrected chi connectivity index (χ2v) is 3.87. The molecule has 0 spiro atoms. The summed E-state index contributed by atoms with van der Waals surface area (Å²) in [5.41, 5.74) is 0. The van der Waals surface area contributed by atoms with Crippen molar-refractivity contribution in [1.29, 1.82) is 0 Å². The van der Waals surface area contributed by atoms with Gasteiger partial charge in [0, 0.05) is 13.8 Å². The first-order chi connectivity index (χ1) is 7.82. The zero-order valence-corrected chi connectivity index (χ0v) is 9.82. The number of esters is 2. The molecule has 0 aliphatic carbocycles. The Morgan fingerprint density at radius 2 is 1.53 bits per heavy atom. The monoisotopic (exact) mass is 248 g/mol. The summed E-state index contributed by atoms with van der Waals surface area (Å²) in [6.45, 7) is 3.81. The van der Waals surface area contributed by atoms with Crippen molar-refractivity contribution >= 4 is 11.9 Å². The summed E-state index contributed by atoms with van der Waals surface area (Å²) in [5, 5.41) is 19.4. The quantitative estimate of drug-likeness (QED) is 0.601. The highest BCUT2D eigenvalue weighted by Crippen LogP contribution is 2.24. The van der Waals surface area contributed by atoms with Crippen molar-refractivity contribution < 1.29 is 34.0 Å². The van der Waals surface area contributed by atoms with E-state index in [2.05, 4.69) is 0 Å². The normalized spacial score (nSPS) is 37.4. The maximum atomic E-state index is 10.9. The molecule has 1 aliphatic heterocycles. The fourth-order valence-corrected chi connectivity index (χ4v) is 1.65. The minimum absolute atomic E-state index is 0.646. The summed E-state index contributed by atoms with van der Waals surface area (Å²) in [6.07, 6.45) is -5.73. The molecule has 1 fully saturated rings. The summed E-state index contributed by atoms with van der Waals surface area (Å²) in [5.74, 6) is -1.32. The SMILES string of the molecule is CC(=O)O[C@@H]1[C@@H](O)[C@@H](C)O[C@@H](O)[C@H]1OC(C)=O. The fraction of sp³-hybridized carbons (Fsp3) is 0.800. The van der Waals surface area contributed by atoms with E-state index in [1.807, 2.05) is 0 Å². The van der Waals surface area contributed by atoms with Crippen LogP contribution >= 0.6 is 0 Å². The minimum Gasteiger partial charge on any atom is -0.455 e. The molecule has 1 rings (SSSR count). The molecule has 0 aromatic heterocycles. The van der Waals surface area contributed by atoms with Crippen molar-refractivity contribution in [2.24, 2.45) is 0 Å².